The van der Waals surface area contributed by atoms with Gasteiger partial charge in [-0.05, 0) is 12.0 Å². The molecule has 0 radical (unpaired) electrons. The van der Waals surface area contributed by atoms with Crippen molar-refractivity contribution in [2.45, 2.75) is 12.3 Å². The molecule has 0 spiro atoms. The van der Waals surface area contributed by atoms with Gasteiger partial charge in [-0.2, -0.15) is 0 Å². The highest BCUT2D eigenvalue weighted by Crippen LogP contribution is 2.60. The molecule has 2 unspecified atom stereocenters. The van der Waals surface area contributed by atoms with Crippen molar-refractivity contribution >= 4 is 11.9 Å². The van der Waals surface area contributed by atoms with Crippen LogP contribution in [0.4, 0.5) is 0 Å². The number of hydrogen-bond acceptors (Lipinski definition) is 3. The molecule has 1 N–H and O–H groups in total. The number of aliphatic carboxylic acids is 1. The van der Waals surface area contributed by atoms with Crippen molar-refractivity contribution in [3.05, 3.63) is 35.9 Å². The average molecular weight is 249 g/mol. The van der Waals surface area contributed by atoms with Gasteiger partial charge in [-0.25, -0.2) is 5.06 Å². The van der Waals surface area contributed by atoms with Gasteiger partial charge in [0.05, 0.1) is 7.11 Å². The van der Waals surface area contributed by atoms with Crippen LogP contribution in [-0.4, -0.2) is 36.2 Å². The molecular formula is C13H15NO4. The topological polar surface area (TPSA) is 66.8 Å². The van der Waals surface area contributed by atoms with Gasteiger partial charge in [0, 0.05) is 13.0 Å². The third kappa shape index (κ3) is 1.76. The molecule has 2 rings (SSSR count). The summed E-state index contributed by atoms with van der Waals surface area (Å²) in [6.45, 7) is 0. The highest BCUT2D eigenvalue weighted by atomic mass is 16.7. The first-order chi connectivity index (χ1) is 8.54. The predicted octanol–water partition coefficient (Wildman–Crippen LogP) is 1.26. The third-order valence-corrected chi connectivity index (χ3v) is 3.49. The van der Waals surface area contributed by atoms with Gasteiger partial charge in [0.2, 0.25) is 0 Å². The summed E-state index contributed by atoms with van der Waals surface area (Å²) < 4.78 is 0. The smallest absolute Gasteiger partial charge is 0.319 e. The van der Waals surface area contributed by atoms with Crippen LogP contribution in [-0.2, 0) is 14.4 Å². The molecule has 0 aliphatic heterocycles. The second-order valence-corrected chi connectivity index (χ2v) is 4.43. The van der Waals surface area contributed by atoms with Gasteiger partial charge in [0.15, 0.2) is 5.41 Å². The van der Waals surface area contributed by atoms with Crippen molar-refractivity contribution in [2.24, 2.45) is 5.41 Å². The number of carbonyl (C=O) groups is 2. The van der Waals surface area contributed by atoms with E-state index in [1.54, 1.807) is 0 Å². The summed E-state index contributed by atoms with van der Waals surface area (Å²) >= 11 is 0. The normalized spacial score (nSPS) is 25.6. The van der Waals surface area contributed by atoms with Crippen LogP contribution in [0.15, 0.2) is 30.3 Å². The Morgan fingerprint density at radius 1 is 1.39 bits per heavy atom. The molecule has 2 atom stereocenters. The zero-order valence-corrected chi connectivity index (χ0v) is 10.3. The van der Waals surface area contributed by atoms with Gasteiger partial charge in [0.1, 0.15) is 0 Å². The van der Waals surface area contributed by atoms with Gasteiger partial charge >= 0.3 is 5.97 Å². The molecule has 0 bridgehead atoms. The quantitative estimate of drug-likeness (QED) is 0.644. The lowest BCUT2D eigenvalue weighted by Gasteiger charge is -2.19. The Bertz CT molecular complexity index is 473. The molecule has 0 aromatic heterocycles. The van der Waals surface area contributed by atoms with Crippen LogP contribution in [0.5, 0.6) is 0 Å². The molecule has 1 saturated carbocycles. The van der Waals surface area contributed by atoms with Crippen LogP contribution < -0.4 is 0 Å². The summed E-state index contributed by atoms with van der Waals surface area (Å²) in [6, 6.07) is 9.22. The number of hydroxylamine groups is 2. The fraction of sp³-hybridized carbons (Fsp3) is 0.385. The fourth-order valence-electron chi connectivity index (χ4n) is 2.28. The zero-order valence-electron chi connectivity index (χ0n) is 10.3. The Morgan fingerprint density at radius 2 is 2.00 bits per heavy atom. The van der Waals surface area contributed by atoms with E-state index < -0.39 is 17.3 Å². The standard InChI is InChI=1S/C13H15NO4/c1-14(18-2)11(15)13(12(16)17)8-10(13)9-6-4-3-5-7-9/h3-7,10H,8H2,1-2H3,(H,16,17). The first kappa shape index (κ1) is 12.6. The third-order valence-electron chi connectivity index (χ3n) is 3.49. The minimum absolute atomic E-state index is 0.277. The van der Waals surface area contributed by atoms with E-state index in [1.807, 2.05) is 30.3 Å². The zero-order chi connectivity index (χ0) is 13.3. The molecule has 18 heavy (non-hydrogen) atoms. The lowest BCUT2D eigenvalue weighted by molar-refractivity contribution is -0.180. The minimum Gasteiger partial charge on any atom is -0.480 e. The first-order valence-corrected chi connectivity index (χ1v) is 5.64. The first-order valence-electron chi connectivity index (χ1n) is 5.64. The largest absolute Gasteiger partial charge is 0.480 e. The van der Waals surface area contributed by atoms with Gasteiger partial charge in [-0.15, -0.1) is 0 Å². The minimum atomic E-state index is -1.37. The van der Waals surface area contributed by atoms with E-state index in [0.29, 0.717) is 6.42 Å². The molecule has 5 heteroatoms. The number of carboxylic acid groups (broad SMARTS) is 1. The Balaban J connectivity index is 2.29. The summed E-state index contributed by atoms with van der Waals surface area (Å²) in [6.07, 6.45) is 0.318. The molecule has 0 saturated heterocycles. The summed E-state index contributed by atoms with van der Waals surface area (Å²) in [5.41, 5.74) is -0.496. The van der Waals surface area contributed by atoms with E-state index >= 15 is 0 Å². The van der Waals surface area contributed by atoms with Crippen LogP contribution in [0.2, 0.25) is 0 Å². The summed E-state index contributed by atoms with van der Waals surface area (Å²) in [5, 5.41) is 10.3. The molecule has 1 aliphatic rings. The number of benzene rings is 1. The predicted molar refractivity (Wildman–Crippen MR) is 63.6 cm³/mol. The van der Waals surface area contributed by atoms with Crippen molar-refractivity contribution in [1.82, 2.24) is 5.06 Å². The number of nitrogens with zero attached hydrogens (tertiary/aromatic N) is 1. The van der Waals surface area contributed by atoms with Crippen LogP contribution in [0, 0.1) is 5.41 Å². The molecule has 0 heterocycles. The highest BCUT2D eigenvalue weighted by molar-refractivity contribution is 6.06. The molecule has 96 valence electrons. The van der Waals surface area contributed by atoms with Crippen LogP contribution in [0.25, 0.3) is 0 Å². The molecule has 1 amide bonds. The van der Waals surface area contributed by atoms with E-state index in [0.717, 1.165) is 10.6 Å². The summed E-state index contributed by atoms with van der Waals surface area (Å²) in [5.74, 6) is -1.88. The second kappa shape index (κ2) is 4.42. The maximum Gasteiger partial charge on any atom is 0.319 e. The fourth-order valence-corrected chi connectivity index (χ4v) is 2.28. The lowest BCUT2D eigenvalue weighted by Crippen LogP contribution is -2.39. The average Bonchev–Trinajstić information content (AvgIpc) is 3.14. The Labute approximate surface area is 105 Å². The molecular weight excluding hydrogens is 234 g/mol. The van der Waals surface area contributed by atoms with Crippen molar-refractivity contribution < 1.29 is 19.5 Å². The van der Waals surface area contributed by atoms with Crippen molar-refractivity contribution in [3.63, 3.8) is 0 Å². The number of carbonyl (C=O) groups excluding carboxylic acids is 1. The summed E-state index contributed by atoms with van der Waals surface area (Å²) in [7, 11) is 2.76. The monoisotopic (exact) mass is 249 g/mol. The number of hydrogen-bond donors (Lipinski definition) is 1. The van der Waals surface area contributed by atoms with E-state index in [1.165, 1.54) is 14.2 Å². The van der Waals surface area contributed by atoms with E-state index in [9.17, 15) is 14.7 Å². The molecule has 1 aromatic carbocycles. The Morgan fingerprint density at radius 3 is 2.50 bits per heavy atom. The molecule has 5 nitrogen and oxygen atoms in total. The Kier molecular flexibility index (Phi) is 3.09. The van der Waals surface area contributed by atoms with E-state index in [-0.39, 0.29) is 5.92 Å². The number of amides is 1. The lowest BCUT2D eigenvalue weighted by atomic mass is 9.98. The van der Waals surface area contributed by atoms with Crippen LogP contribution in [0.1, 0.15) is 17.9 Å². The maximum atomic E-state index is 12.1. The van der Waals surface area contributed by atoms with Crippen molar-refractivity contribution in [3.8, 4) is 0 Å². The van der Waals surface area contributed by atoms with Crippen LogP contribution >= 0.6 is 0 Å². The molecule has 1 fully saturated rings. The SMILES string of the molecule is CON(C)C(=O)C1(C(=O)O)CC1c1ccccc1. The second-order valence-electron chi connectivity index (χ2n) is 4.43. The Hall–Kier alpha value is -1.88. The molecule has 1 aromatic rings. The van der Waals surface area contributed by atoms with E-state index in [2.05, 4.69) is 0 Å². The van der Waals surface area contributed by atoms with Crippen molar-refractivity contribution in [1.29, 1.82) is 0 Å². The highest BCUT2D eigenvalue weighted by Gasteiger charge is 2.67. The summed E-state index contributed by atoms with van der Waals surface area (Å²) in [4.78, 5) is 28.3. The maximum absolute atomic E-state index is 12.1. The van der Waals surface area contributed by atoms with E-state index in [4.69, 9.17) is 4.84 Å². The molecule has 1 aliphatic carbocycles. The van der Waals surface area contributed by atoms with Gasteiger partial charge in [-0.1, -0.05) is 30.3 Å². The van der Waals surface area contributed by atoms with Gasteiger partial charge in [0.25, 0.3) is 5.91 Å². The van der Waals surface area contributed by atoms with Gasteiger partial charge in [-0.3, -0.25) is 14.4 Å². The van der Waals surface area contributed by atoms with Crippen LogP contribution in [0.3, 0.4) is 0 Å². The number of carboxylic acids is 1. The van der Waals surface area contributed by atoms with Crippen molar-refractivity contribution in [2.75, 3.05) is 14.2 Å². The van der Waals surface area contributed by atoms with Gasteiger partial charge < -0.3 is 5.11 Å². The number of rotatable bonds is 4.